The number of nitrogens with one attached hydrogen (secondary N) is 2. The predicted molar refractivity (Wildman–Crippen MR) is 99.3 cm³/mol. The molecule has 0 unspecified atom stereocenters. The van der Waals surface area contributed by atoms with E-state index in [4.69, 9.17) is 4.74 Å². The molecule has 2 aromatic rings. The van der Waals surface area contributed by atoms with Crippen molar-refractivity contribution in [1.29, 1.82) is 0 Å². The third kappa shape index (κ3) is 6.04. The van der Waals surface area contributed by atoms with Crippen LogP contribution >= 0.6 is 0 Å². The minimum atomic E-state index is -0.300. The largest absolute Gasteiger partial charge is 0.492 e. The van der Waals surface area contributed by atoms with Crippen LogP contribution in [0.1, 0.15) is 23.8 Å². The van der Waals surface area contributed by atoms with E-state index < -0.39 is 0 Å². The van der Waals surface area contributed by atoms with E-state index in [1.165, 1.54) is 0 Å². The number of nitrogens with zero attached hydrogens (tertiary/aromatic N) is 3. The van der Waals surface area contributed by atoms with Crippen LogP contribution in [-0.2, 0) is 0 Å². The summed E-state index contributed by atoms with van der Waals surface area (Å²) in [5.74, 6) is 0.782. The average Bonchev–Trinajstić information content (AvgIpc) is 2.61. The van der Waals surface area contributed by atoms with E-state index in [0.717, 1.165) is 19.5 Å². The van der Waals surface area contributed by atoms with Gasteiger partial charge in [0.2, 0.25) is 5.95 Å². The summed E-state index contributed by atoms with van der Waals surface area (Å²) in [5, 5.41) is 5.97. The van der Waals surface area contributed by atoms with Gasteiger partial charge in [0.25, 0.3) is 5.91 Å². The summed E-state index contributed by atoms with van der Waals surface area (Å²) in [6.07, 6.45) is 2.54. The van der Waals surface area contributed by atoms with Crippen molar-refractivity contribution in [3.05, 3.63) is 42.2 Å². The van der Waals surface area contributed by atoms with Gasteiger partial charge in [0, 0.05) is 12.7 Å². The topological polar surface area (TPSA) is 79.4 Å². The summed E-state index contributed by atoms with van der Waals surface area (Å²) in [4.78, 5) is 23.0. The van der Waals surface area contributed by atoms with Crippen LogP contribution in [0, 0.1) is 0 Å². The average molecular weight is 343 g/mol. The number of hydrogen-bond donors (Lipinski definition) is 2. The first kappa shape index (κ1) is 18.7. The highest BCUT2D eigenvalue weighted by atomic mass is 16.5. The Morgan fingerprint density at radius 2 is 2.04 bits per heavy atom. The summed E-state index contributed by atoms with van der Waals surface area (Å²) >= 11 is 0. The molecule has 2 N–H and O–H groups in total. The highest BCUT2D eigenvalue weighted by Crippen LogP contribution is 2.24. The molecule has 7 heteroatoms. The number of anilines is 2. The van der Waals surface area contributed by atoms with Gasteiger partial charge in [-0.2, -0.15) is 0 Å². The fourth-order valence-corrected chi connectivity index (χ4v) is 2.20. The number of ether oxygens (including phenoxy) is 1. The van der Waals surface area contributed by atoms with Crippen LogP contribution in [0.25, 0.3) is 0 Å². The van der Waals surface area contributed by atoms with Crippen molar-refractivity contribution in [2.24, 2.45) is 0 Å². The normalized spacial score (nSPS) is 10.6. The summed E-state index contributed by atoms with van der Waals surface area (Å²) in [7, 11) is 4.06. The third-order valence-corrected chi connectivity index (χ3v) is 3.39. The predicted octanol–water partition coefficient (Wildman–Crippen LogP) is 2.49. The standard InChI is InChI=1S/C18H25N5O2/c1-4-25-16-9-6-5-8-14(16)21-17(24)15-10-12-20-18(22-15)19-11-7-13-23(2)3/h5-6,8-10,12H,4,7,11,13H2,1-3H3,(H,21,24)(H,19,20,22). The maximum Gasteiger partial charge on any atom is 0.274 e. The highest BCUT2D eigenvalue weighted by Gasteiger charge is 2.12. The van der Waals surface area contributed by atoms with Gasteiger partial charge in [-0.3, -0.25) is 4.79 Å². The first-order valence-corrected chi connectivity index (χ1v) is 8.35. The van der Waals surface area contributed by atoms with E-state index in [2.05, 4.69) is 25.5 Å². The first-order chi connectivity index (χ1) is 12.1. The molecule has 0 aliphatic heterocycles. The Morgan fingerprint density at radius 3 is 2.80 bits per heavy atom. The highest BCUT2D eigenvalue weighted by molar-refractivity contribution is 6.03. The molecular weight excluding hydrogens is 318 g/mol. The molecule has 0 atom stereocenters. The Morgan fingerprint density at radius 1 is 1.24 bits per heavy atom. The van der Waals surface area contributed by atoms with Crippen LogP contribution in [0.2, 0.25) is 0 Å². The molecule has 1 heterocycles. The third-order valence-electron chi connectivity index (χ3n) is 3.39. The number of aromatic nitrogens is 2. The molecule has 0 bridgehead atoms. The second-order valence-corrected chi connectivity index (χ2v) is 5.73. The molecule has 0 aliphatic rings. The number of rotatable bonds is 9. The van der Waals surface area contributed by atoms with Crippen molar-refractivity contribution in [1.82, 2.24) is 14.9 Å². The zero-order valence-corrected chi connectivity index (χ0v) is 15.0. The molecule has 0 spiro atoms. The van der Waals surface area contributed by atoms with Gasteiger partial charge in [-0.1, -0.05) is 12.1 Å². The van der Waals surface area contributed by atoms with Crippen molar-refractivity contribution >= 4 is 17.5 Å². The van der Waals surface area contributed by atoms with E-state index >= 15 is 0 Å². The van der Waals surface area contributed by atoms with Crippen molar-refractivity contribution in [2.75, 3.05) is 44.4 Å². The quantitative estimate of drug-likeness (QED) is 0.681. The van der Waals surface area contributed by atoms with Crippen LogP contribution in [0.3, 0.4) is 0 Å². The Bertz CT molecular complexity index is 691. The van der Waals surface area contributed by atoms with Gasteiger partial charge in [-0.05, 0) is 52.2 Å². The van der Waals surface area contributed by atoms with Crippen molar-refractivity contribution in [3.63, 3.8) is 0 Å². The van der Waals surface area contributed by atoms with Crippen molar-refractivity contribution in [3.8, 4) is 5.75 Å². The Kier molecular flexibility index (Phi) is 7.16. The molecule has 0 aliphatic carbocycles. The summed E-state index contributed by atoms with van der Waals surface area (Å²) in [6, 6.07) is 8.90. The SMILES string of the molecule is CCOc1ccccc1NC(=O)c1ccnc(NCCCN(C)C)n1. The second kappa shape index (κ2) is 9.58. The van der Waals surface area contributed by atoms with E-state index in [1.807, 2.05) is 39.2 Å². The second-order valence-electron chi connectivity index (χ2n) is 5.73. The molecule has 0 saturated heterocycles. The number of carbonyl (C=O) groups excluding carboxylic acids is 1. The van der Waals surface area contributed by atoms with Gasteiger partial charge in [-0.15, -0.1) is 0 Å². The Hall–Kier alpha value is -2.67. The first-order valence-electron chi connectivity index (χ1n) is 8.35. The number of amides is 1. The molecule has 0 fully saturated rings. The van der Waals surface area contributed by atoms with Crippen LogP contribution in [0.5, 0.6) is 5.75 Å². The molecular formula is C18H25N5O2. The number of hydrogen-bond acceptors (Lipinski definition) is 6. The zero-order valence-electron chi connectivity index (χ0n) is 15.0. The zero-order chi connectivity index (χ0) is 18.1. The van der Waals surface area contributed by atoms with Crippen LogP contribution in [0.4, 0.5) is 11.6 Å². The summed E-state index contributed by atoms with van der Waals surface area (Å²) < 4.78 is 5.52. The van der Waals surface area contributed by atoms with Crippen molar-refractivity contribution in [2.45, 2.75) is 13.3 Å². The molecule has 0 radical (unpaired) electrons. The van der Waals surface area contributed by atoms with Crippen LogP contribution < -0.4 is 15.4 Å². The summed E-state index contributed by atoms with van der Waals surface area (Å²) in [6.45, 7) is 4.15. The van der Waals surface area contributed by atoms with E-state index in [1.54, 1.807) is 18.3 Å². The number of benzene rings is 1. The fraction of sp³-hybridized carbons (Fsp3) is 0.389. The molecule has 134 valence electrons. The van der Waals surface area contributed by atoms with Gasteiger partial charge in [-0.25, -0.2) is 9.97 Å². The maximum atomic E-state index is 12.5. The van der Waals surface area contributed by atoms with E-state index in [-0.39, 0.29) is 5.91 Å². The molecule has 0 saturated carbocycles. The lowest BCUT2D eigenvalue weighted by Gasteiger charge is -2.12. The molecule has 1 aromatic carbocycles. The monoisotopic (exact) mass is 343 g/mol. The van der Waals surface area contributed by atoms with Crippen LogP contribution in [-0.4, -0.2) is 54.6 Å². The minimum absolute atomic E-state index is 0.300. The Labute approximate surface area is 148 Å². The fourth-order valence-electron chi connectivity index (χ4n) is 2.20. The van der Waals surface area contributed by atoms with E-state index in [9.17, 15) is 4.79 Å². The molecule has 1 aromatic heterocycles. The molecule has 25 heavy (non-hydrogen) atoms. The van der Waals surface area contributed by atoms with Crippen molar-refractivity contribution < 1.29 is 9.53 Å². The number of para-hydroxylation sites is 2. The Balaban J connectivity index is 1.99. The number of carbonyl (C=O) groups is 1. The lowest BCUT2D eigenvalue weighted by Crippen LogP contribution is -2.18. The van der Waals surface area contributed by atoms with Gasteiger partial charge >= 0.3 is 0 Å². The van der Waals surface area contributed by atoms with Crippen LogP contribution in [0.15, 0.2) is 36.5 Å². The maximum absolute atomic E-state index is 12.5. The van der Waals surface area contributed by atoms with Gasteiger partial charge in [0.1, 0.15) is 11.4 Å². The summed E-state index contributed by atoms with van der Waals surface area (Å²) in [5.41, 5.74) is 0.921. The smallest absolute Gasteiger partial charge is 0.274 e. The lowest BCUT2D eigenvalue weighted by molar-refractivity contribution is 0.102. The molecule has 2 rings (SSSR count). The minimum Gasteiger partial charge on any atom is -0.492 e. The lowest BCUT2D eigenvalue weighted by atomic mass is 10.2. The van der Waals surface area contributed by atoms with Gasteiger partial charge in [0.05, 0.1) is 12.3 Å². The van der Waals surface area contributed by atoms with E-state index in [0.29, 0.717) is 29.7 Å². The van der Waals surface area contributed by atoms with Gasteiger partial charge < -0.3 is 20.3 Å². The van der Waals surface area contributed by atoms with Gasteiger partial charge in [0.15, 0.2) is 0 Å². The molecule has 7 nitrogen and oxygen atoms in total. The molecule has 1 amide bonds.